The average Bonchev–Trinajstić information content (AvgIpc) is 3.34. The summed E-state index contributed by atoms with van der Waals surface area (Å²) in [5.41, 5.74) is 5.26. The Hall–Kier alpha value is -4.06. The molecule has 0 bridgehead atoms. The molecular weight excluding hydrogens is 522 g/mol. The molecule has 3 aliphatic rings. The van der Waals surface area contributed by atoms with E-state index < -0.39 is 0 Å². The molecule has 6 heteroatoms. The topological polar surface area (TPSA) is 54.4 Å². The van der Waals surface area contributed by atoms with Crippen LogP contribution in [0.1, 0.15) is 75.3 Å². The molecule has 0 spiro atoms. The lowest BCUT2D eigenvalue weighted by atomic mass is 9.94. The fourth-order valence-corrected chi connectivity index (χ4v) is 6.35. The molecule has 0 N–H and O–H groups in total. The van der Waals surface area contributed by atoms with E-state index in [1.54, 1.807) is 7.11 Å². The maximum absolute atomic E-state index is 13.7. The Bertz CT molecular complexity index is 1420. The summed E-state index contributed by atoms with van der Waals surface area (Å²) in [6.45, 7) is 2.09. The van der Waals surface area contributed by atoms with Gasteiger partial charge in [0.2, 0.25) is 0 Å². The van der Waals surface area contributed by atoms with Crippen LogP contribution in [0.3, 0.4) is 0 Å². The fraction of sp³-hybridized carbons (Fsp3) is 0.389. The zero-order chi connectivity index (χ0) is 28.9. The number of carbonyl (C=O) groups is 1. The largest absolute Gasteiger partial charge is 0.497 e. The highest BCUT2D eigenvalue weighted by Gasteiger charge is 2.40. The summed E-state index contributed by atoms with van der Waals surface area (Å²) in [4.78, 5) is 22.8. The van der Waals surface area contributed by atoms with E-state index in [4.69, 9.17) is 14.5 Å². The molecule has 0 radical (unpaired) electrons. The van der Waals surface area contributed by atoms with Crippen LogP contribution < -0.4 is 9.64 Å². The average molecular weight is 564 g/mol. The first-order valence-electron chi connectivity index (χ1n) is 15.5. The molecule has 1 aliphatic heterocycles. The second-order valence-electron chi connectivity index (χ2n) is 11.7. The standard InChI is InChI=1S/C36H41N3O3/c1-26-13-17-30(18-14-26)38(32-21-23-33(41-2)24-22-32)31-19-15-27(16-20-31)25-34-35(40)39(29-11-7-4-8-12-29)36(42-34)37-28-9-5-3-6-10-28/h13-25,28-29H,3-12H2,1-2H3/b34-25+,37-36+. The molecule has 3 fully saturated rings. The molecule has 1 amide bonds. The number of benzene rings is 3. The number of methoxy groups -OCH3 is 1. The van der Waals surface area contributed by atoms with E-state index in [0.717, 1.165) is 66.9 Å². The van der Waals surface area contributed by atoms with Gasteiger partial charge >= 0.3 is 6.02 Å². The normalized spacial score (nSPS) is 20.2. The zero-order valence-corrected chi connectivity index (χ0v) is 24.8. The van der Waals surface area contributed by atoms with E-state index in [1.165, 1.54) is 31.2 Å². The van der Waals surface area contributed by atoms with Crippen LogP contribution in [0.2, 0.25) is 0 Å². The van der Waals surface area contributed by atoms with Crippen LogP contribution in [-0.4, -0.2) is 36.0 Å². The highest BCUT2D eigenvalue weighted by Crippen LogP contribution is 2.36. The van der Waals surface area contributed by atoms with Crippen LogP contribution in [0.4, 0.5) is 17.1 Å². The maximum Gasteiger partial charge on any atom is 0.300 e. The van der Waals surface area contributed by atoms with Gasteiger partial charge < -0.3 is 14.4 Å². The molecule has 0 atom stereocenters. The predicted octanol–water partition coefficient (Wildman–Crippen LogP) is 8.69. The minimum Gasteiger partial charge on any atom is -0.497 e. The molecule has 0 unspecified atom stereocenters. The second-order valence-corrected chi connectivity index (χ2v) is 11.7. The van der Waals surface area contributed by atoms with Gasteiger partial charge in [-0.3, -0.25) is 9.69 Å². The Morgan fingerprint density at radius 3 is 1.93 bits per heavy atom. The summed E-state index contributed by atoms with van der Waals surface area (Å²) in [5, 5.41) is 0. The van der Waals surface area contributed by atoms with Gasteiger partial charge in [-0.25, -0.2) is 4.99 Å². The SMILES string of the molecule is COc1ccc(N(c2ccc(C)cc2)c2ccc(/C=C3/O/C(=N/C4CCCCC4)N(C4CCCCC4)C3=O)cc2)cc1. The van der Waals surface area contributed by atoms with Crippen molar-refractivity contribution in [3.8, 4) is 5.75 Å². The van der Waals surface area contributed by atoms with Gasteiger partial charge in [0.05, 0.1) is 13.2 Å². The number of amides is 1. The van der Waals surface area contributed by atoms with Crippen LogP contribution in [-0.2, 0) is 9.53 Å². The first-order valence-corrected chi connectivity index (χ1v) is 15.5. The number of ether oxygens (including phenoxy) is 2. The van der Waals surface area contributed by atoms with Crippen molar-refractivity contribution >= 4 is 35.1 Å². The third-order valence-electron chi connectivity index (χ3n) is 8.72. The van der Waals surface area contributed by atoms with E-state index in [0.29, 0.717) is 11.8 Å². The van der Waals surface area contributed by atoms with E-state index >= 15 is 0 Å². The molecule has 3 aromatic rings. The lowest BCUT2D eigenvalue weighted by Gasteiger charge is -2.29. The van der Waals surface area contributed by atoms with Gasteiger partial charge in [0, 0.05) is 23.1 Å². The Balaban J connectivity index is 1.28. The van der Waals surface area contributed by atoms with E-state index in [2.05, 4.69) is 60.4 Å². The first-order chi connectivity index (χ1) is 20.6. The summed E-state index contributed by atoms with van der Waals surface area (Å²) >= 11 is 0. The summed E-state index contributed by atoms with van der Waals surface area (Å²) < 4.78 is 11.6. The molecular formula is C36H41N3O3. The smallest absolute Gasteiger partial charge is 0.300 e. The highest BCUT2D eigenvalue weighted by atomic mass is 16.5. The van der Waals surface area contributed by atoms with Gasteiger partial charge in [-0.1, -0.05) is 68.4 Å². The van der Waals surface area contributed by atoms with Gasteiger partial charge in [0.1, 0.15) is 5.75 Å². The second kappa shape index (κ2) is 12.8. The molecule has 1 saturated heterocycles. The number of amidine groups is 1. The Morgan fingerprint density at radius 2 is 1.33 bits per heavy atom. The van der Waals surface area contributed by atoms with Gasteiger partial charge in [-0.15, -0.1) is 0 Å². The summed E-state index contributed by atoms with van der Waals surface area (Å²) in [5.74, 6) is 1.13. The summed E-state index contributed by atoms with van der Waals surface area (Å²) in [6, 6.07) is 25.8. The number of hydrogen-bond acceptors (Lipinski definition) is 5. The summed E-state index contributed by atoms with van der Waals surface area (Å²) in [7, 11) is 1.68. The monoisotopic (exact) mass is 563 g/mol. The van der Waals surface area contributed by atoms with Crippen molar-refractivity contribution in [3.63, 3.8) is 0 Å². The molecule has 2 aliphatic carbocycles. The maximum atomic E-state index is 13.7. The number of anilines is 3. The van der Waals surface area contributed by atoms with Crippen LogP contribution in [0, 0.1) is 6.92 Å². The van der Waals surface area contributed by atoms with Crippen LogP contribution in [0.5, 0.6) is 5.75 Å². The number of rotatable bonds is 7. The molecule has 6 nitrogen and oxygen atoms in total. The minimum atomic E-state index is -0.0555. The first kappa shape index (κ1) is 28.1. The molecule has 42 heavy (non-hydrogen) atoms. The van der Waals surface area contributed by atoms with Gasteiger partial charge in [-0.05, 0) is 92.8 Å². The molecule has 0 aromatic heterocycles. The lowest BCUT2D eigenvalue weighted by Crippen LogP contribution is -2.41. The van der Waals surface area contributed by atoms with Crippen molar-refractivity contribution in [1.29, 1.82) is 0 Å². The van der Waals surface area contributed by atoms with Crippen molar-refractivity contribution in [2.45, 2.75) is 83.2 Å². The number of aryl methyl sites for hydroxylation is 1. The van der Waals surface area contributed by atoms with E-state index in [1.807, 2.05) is 35.2 Å². The number of nitrogens with zero attached hydrogens (tertiary/aromatic N) is 3. The Kier molecular flexibility index (Phi) is 8.59. The van der Waals surface area contributed by atoms with Gasteiger partial charge in [0.25, 0.3) is 5.91 Å². The van der Waals surface area contributed by atoms with E-state index in [-0.39, 0.29) is 18.0 Å². The van der Waals surface area contributed by atoms with Crippen molar-refractivity contribution in [1.82, 2.24) is 4.90 Å². The quantitative estimate of drug-likeness (QED) is 0.270. The molecule has 2 saturated carbocycles. The van der Waals surface area contributed by atoms with Crippen molar-refractivity contribution < 1.29 is 14.3 Å². The van der Waals surface area contributed by atoms with Gasteiger partial charge in [-0.2, -0.15) is 0 Å². The lowest BCUT2D eigenvalue weighted by molar-refractivity contribution is -0.124. The molecule has 1 heterocycles. The number of aliphatic imine (C=N–C) groups is 1. The minimum absolute atomic E-state index is 0.0555. The molecule has 6 rings (SSSR count). The highest BCUT2D eigenvalue weighted by molar-refractivity contribution is 6.11. The Morgan fingerprint density at radius 1 is 0.786 bits per heavy atom. The van der Waals surface area contributed by atoms with Crippen LogP contribution >= 0.6 is 0 Å². The van der Waals surface area contributed by atoms with Crippen molar-refractivity contribution in [3.05, 3.63) is 89.7 Å². The molecule has 3 aromatic carbocycles. The molecule has 218 valence electrons. The zero-order valence-electron chi connectivity index (χ0n) is 24.8. The van der Waals surface area contributed by atoms with Crippen molar-refractivity contribution in [2.75, 3.05) is 12.0 Å². The Labute approximate surface area is 249 Å². The third-order valence-corrected chi connectivity index (χ3v) is 8.72. The van der Waals surface area contributed by atoms with E-state index in [9.17, 15) is 4.79 Å². The van der Waals surface area contributed by atoms with Crippen LogP contribution in [0.15, 0.2) is 83.5 Å². The summed E-state index contributed by atoms with van der Waals surface area (Å²) in [6.07, 6.45) is 13.3. The number of hydrogen-bond donors (Lipinski definition) is 0. The fourth-order valence-electron chi connectivity index (χ4n) is 6.35. The van der Waals surface area contributed by atoms with Crippen LogP contribution in [0.25, 0.3) is 6.08 Å². The predicted molar refractivity (Wildman–Crippen MR) is 170 cm³/mol. The third kappa shape index (κ3) is 6.23. The van der Waals surface area contributed by atoms with Gasteiger partial charge in [0.15, 0.2) is 5.76 Å². The number of carbonyl (C=O) groups excluding carboxylic acids is 1. The van der Waals surface area contributed by atoms with Crippen molar-refractivity contribution in [2.24, 2.45) is 4.99 Å².